The number of hydrazone groups is 1. The van der Waals surface area contributed by atoms with Gasteiger partial charge < -0.3 is 16.1 Å². The Kier molecular flexibility index (Phi) is 5.57. The fourth-order valence-electron chi connectivity index (χ4n) is 2.85. The number of carbonyl (C=O) groups excluding carboxylic acids is 1. The highest BCUT2D eigenvalue weighted by Gasteiger charge is 2.08. The Hall–Kier alpha value is -4.00. The van der Waals surface area contributed by atoms with E-state index >= 15 is 0 Å². The van der Waals surface area contributed by atoms with Gasteiger partial charge in [0.2, 0.25) is 11.9 Å². The van der Waals surface area contributed by atoms with E-state index in [9.17, 15) is 4.79 Å². The minimum atomic E-state index is -0.0985. The van der Waals surface area contributed by atoms with E-state index < -0.39 is 0 Å². The molecule has 1 amide bonds. The van der Waals surface area contributed by atoms with Gasteiger partial charge in [-0.05, 0) is 35.9 Å². The number of hydrogen-bond acceptors (Lipinski definition) is 6. The van der Waals surface area contributed by atoms with Crippen molar-refractivity contribution in [1.29, 1.82) is 0 Å². The molecule has 0 radical (unpaired) electrons. The Morgan fingerprint density at radius 1 is 1.17 bits per heavy atom. The van der Waals surface area contributed by atoms with E-state index in [1.807, 2.05) is 60.7 Å². The maximum absolute atomic E-state index is 12.0. The minimum absolute atomic E-state index is 0.0985. The van der Waals surface area contributed by atoms with Gasteiger partial charge in [-0.1, -0.05) is 36.4 Å². The number of anilines is 2. The van der Waals surface area contributed by atoms with Crippen molar-refractivity contribution in [3.8, 4) is 0 Å². The van der Waals surface area contributed by atoms with Crippen LogP contribution >= 0.6 is 0 Å². The van der Waals surface area contributed by atoms with Gasteiger partial charge in [0, 0.05) is 35.6 Å². The molecule has 3 aromatic rings. The Labute approximate surface area is 168 Å². The topological polar surface area (TPSA) is 91.3 Å². The van der Waals surface area contributed by atoms with Crippen LogP contribution in [-0.2, 0) is 4.79 Å². The molecule has 1 aliphatic rings. The molecule has 1 aliphatic heterocycles. The molecule has 7 nitrogen and oxygen atoms in total. The highest BCUT2D eigenvalue weighted by molar-refractivity contribution is 5.98. The van der Waals surface area contributed by atoms with Crippen molar-refractivity contribution < 1.29 is 4.79 Å². The first-order valence-corrected chi connectivity index (χ1v) is 9.27. The van der Waals surface area contributed by atoms with Crippen molar-refractivity contribution in [2.45, 2.75) is 0 Å². The van der Waals surface area contributed by atoms with Gasteiger partial charge in [0.15, 0.2) is 0 Å². The lowest BCUT2D eigenvalue weighted by Crippen LogP contribution is -2.30. The van der Waals surface area contributed by atoms with Gasteiger partial charge in [-0.3, -0.25) is 4.79 Å². The van der Waals surface area contributed by atoms with Gasteiger partial charge in [-0.2, -0.15) is 5.10 Å². The summed E-state index contributed by atoms with van der Waals surface area (Å²) < 4.78 is 0. The van der Waals surface area contributed by atoms with Crippen molar-refractivity contribution in [2.75, 3.05) is 18.4 Å². The van der Waals surface area contributed by atoms with E-state index in [-0.39, 0.29) is 5.91 Å². The average Bonchev–Trinajstić information content (AvgIpc) is 2.78. The Balaban J connectivity index is 1.37. The third kappa shape index (κ3) is 4.84. The molecule has 0 spiro atoms. The van der Waals surface area contributed by atoms with Crippen molar-refractivity contribution in [3.05, 3.63) is 78.0 Å². The summed E-state index contributed by atoms with van der Waals surface area (Å²) in [7, 11) is 0. The number of fused-ring (bicyclic) bond motifs is 1. The summed E-state index contributed by atoms with van der Waals surface area (Å²) in [6, 6.07) is 15.8. The van der Waals surface area contributed by atoms with Gasteiger partial charge in [0.05, 0.1) is 12.1 Å². The summed E-state index contributed by atoms with van der Waals surface area (Å²) >= 11 is 0. The molecule has 144 valence electrons. The predicted octanol–water partition coefficient (Wildman–Crippen LogP) is 3.02. The smallest absolute Gasteiger partial charge is 0.249 e. The van der Waals surface area contributed by atoms with Crippen molar-refractivity contribution >= 4 is 40.7 Å². The Bertz CT molecular complexity index is 1100. The molecule has 0 atom stereocenters. The number of nitrogens with one attached hydrogen (secondary N) is 3. The lowest BCUT2D eigenvalue weighted by Gasteiger charge is -2.09. The van der Waals surface area contributed by atoms with E-state index in [0.717, 1.165) is 22.2 Å². The zero-order chi connectivity index (χ0) is 19.9. The molecule has 0 fully saturated rings. The van der Waals surface area contributed by atoms with E-state index in [1.54, 1.807) is 18.5 Å². The van der Waals surface area contributed by atoms with Crippen LogP contribution in [0, 0.1) is 0 Å². The molecule has 7 heteroatoms. The monoisotopic (exact) mass is 384 g/mol. The van der Waals surface area contributed by atoms with Crippen LogP contribution in [-0.4, -0.2) is 35.2 Å². The zero-order valence-corrected chi connectivity index (χ0v) is 15.7. The number of rotatable bonds is 6. The first-order valence-electron chi connectivity index (χ1n) is 9.27. The van der Waals surface area contributed by atoms with Crippen molar-refractivity contribution in [2.24, 2.45) is 5.10 Å². The third-order valence-electron chi connectivity index (χ3n) is 4.33. The maximum Gasteiger partial charge on any atom is 0.249 e. The highest BCUT2D eigenvalue weighted by atomic mass is 16.1. The molecule has 29 heavy (non-hydrogen) atoms. The summed E-state index contributed by atoms with van der Waals surface area (Å²) in [5, 5.41) is 10.8. The van der Waals surface area contributed by atoms with Crippen LogP contribution < -0.4 is 16.1 Å². The molecule has 0 saturated carbocycles. The molecule has 0 bridgehead atoms. The lowest BCUT2D eigenvalue weighted by atomic mass is 10.1. The van der Waals surface area contributed by atoms with Gasteiger partial charge in [0.1, 0.15) is 0 Å². The summed E-state index contributed by atoms with van der Waals surface area (Å²) in [6.45, 7) is 0.889. The predicted molar refractivity (Wildman–Crippen MR) is 116 cm³/mol. The fourth-order valence-corrected chi connectivity index (χ4v) is 2.85. The largest absolute Gasteiger partial charge is 0.349 e. The Morgan fingerprint density at radius 3 is 2.90 bits per heavy atom. The number of benzene rings is 2. The van der Waals surface area contributed by atoms with Crippen LogP contribution in [0.4, 0.5) is 11.6 Å². The minimum Gasteiger partial charge on any atom is -0.349 e. The van der Waals surface area contributed by atoms with Crippen LogP contribution in [0.2, 0.25) is 0 Å². The maximum atomic E-state index is 12.0. The zero-order valence-electron chi connectivity index (χ0n) is 15.7. The van der Waals surface area contributed by atoms with Crippen LogP contribution in [0.1, 0.15) is 5.56 Å². The SMILES string of the molecule is O=C(NC/C=C/c1ccc2nc(Nc3ccccc3)ncc2c1)C1=CC=NNC1. The van der Waals surface area contributed by atoms with E-state index in [0.29, 0.717) is 24.6 Å². The van der Waals surface area contributed by atoms with E-state index in [2.05, 4.69) is 31.1 Å². The average molecular weight is 384 g/mol. The van der Waals surface area contributed by atoms with E-state index in [1.165, 1.54) is 0 Å². The molecule has 0 saturated heterocycles. The first-order chi connectivity index (χ1) is 14.3. The quantitative estimate of drug-likeness (QED) is 0.608. The number of amides is 1. The van der Waals surface area contributed by atoms with Crippen LogP contribution in [0.25, 0.3) is 17.0 Å². The molecule has 0 aliphatic carbocycles. The number of nitrogens with zero attached hydrogens (tertiary/aromatic N) is 3. The summed E-state index contributed by atoms with van der Waals surface area (Å²) in [6.07, 6.45) is 8.96. The molecule has 0 unspecified atom stereocenters. The van der Waals surface area contributed by atoms with Gasteiger partial charge in [-0.25, -0.2) is 9.97 Å². The molecular weight excluding hydrogens is 364 g/mol. The highest BCUT2D eigenvalue weighted by Crippen LogP contribution is 2.18. The molecule has 2 aromatic carbocycles. The van der Waals surface area contributed by atoms with E-state index in [4.69, 9.17) is 0 Å². The Morgan fingerprint density at radius 2 is 2.07 bits per heavy atom. The fraction of sp³-hybridized carbons (Fsp3) is 0.0909. The van der Waals surface area contributed by atoms with Crippen LogP contribution in [0.5, 0.6) is 0 Å². The molecule has 2 heterocycles. The van der Waals surface area contributed by atoms with Gasteiger partial charge in [-0.15, -0.1) is 0 Å². The second kappa shape index (κ2) is 8.79. The van der Waals surface area contributed by atoms with Crippen LogP contribution in [0.3, 0.4) is 0 Å². The molecular formula is C22H20N6O. The summed E-state index contributed by atoms with van der Waals surface area (Å²) in [5.41, 5.74) is 6.26. The second-order valence-electron chi connectivity index (χ2n) is 6.42. The lowest BCUT2D eigenvalue weighted by molar-refractivity contribution is -0.117. The second-order valence-corrected chi connectivity index (χ2v) is 6.42. The van der Waals surface area contributed by atoms with Crippen LogP contribution in [0.15, 0.2) is 77.6 Å². The summed E-state index contributed by atoms with van der Waals surface area (Å²) in [4.78, 5) is 21.0. The standard InChI is InChI=1S/C22H20N6O/c29-21(17-10-12-25-26-15-17)23-11-4-5-16-8-9-20-18(13-16)14-24-22(28-20)27-19-6-2-1-3-7-19/h1-10,12-14,26H,11,15H2,(H,23,29)(H,24,27,28)/b5-4+. The van der Waals surface area contributed by atoms with Gasteiger partial charge in [0.25, 0.3) is 0 Å². The van der Waals surface area contributed by atoms with Crippen molar-refractivity contribution in [3.63, 3.8) is 0 Å². The van der Waals surface area contributed by atoms with Gasteiger partial charge >= 0.3 is 0 Å². The van der Waals surface area contributed by atoms with Crippen molar-refractivity contribution in [1.82, 2.24) is 20.7 Å². The number of para-hydroxylation sites is 1. The number of aromatic nitrogens is 2. The number of carbonyl (C=O) groups is 1. The molecule has 3 N–H and O–H groups in total. The summed E-state index contributed by atoms with van der Waals surface area (Å²) in [5.74, 6) is 0.463. The number of hydrogen-bond donors (Lipinski definition) is 3. The first kappa shape index (κ1) is 18.4. The number of allylic oxidation sites excluding steroid dienone is 1. The molecule has 1 aromatic heterocycles. The molecule has 4 rings (SSSR count). The normalized spacial score (nSPS) is 13.2. The third-order valence-corrected chi connectivity index (χ3v) is 4.33.